The second-order valence-electron chi connectivity index (χ2n) is 1.18. The van der Waals surface area contributed by atoms with Crippen molar-refractivity contribution < 1.29 is 4.79 Å². The van der Waals surface area contributed by atoms with Gasteiger partial charge >= 0.3 is 0 Å². The molecule has 0 bridgehead atoms. The van der Waals surface area contributed by atoms with Gasteiger partial charge in [-0.2, -0.15) is 5.10 Å². The van der Waals surface area contributed by atoms with Gasteiger partial charge < -0.3 is 5.43 Å². The molecule has 8 heavy (non-hydrogen) atoms. The van der Waals surface area contributed by atoms with E-state index in [0.717, 1.165) is 0 Å². The first kappa shape index (κ1) is 7.43. The number of hydrazone groups is 1. The van der Waals surface area contributed by atoms with Crippen molar-refractivity contribution in [3.63, 3.8) is 0 Å². The van der Waals surface area contributed by atoms with Gasteiger partial charge in [0.25, 0.3) is 0 Å². The Morgan fingerprint density at radius 3 is 2.38 bits per heavy atom. The van der Waals surface area contributed by atoms with E-state index < -0.39 is 0 Å². The Morgan fingerprint density at radius 1 is 1.75 bits per heavy atom. The van der Waals surface area contributed by atoms with Crippen molar-refractivity contribution in [3.8, 4) is 0 Å². The molecule has 0 saturated carbocycles. The smallest absolute Gasteiger partial charge is 0.191 e. The zero-order valence-electron chi connectivity index (χ0n) is 4.73. The molecule has 0 aliphatic carbocycles. The second kappa shape index (κ2) is 3.43. The molecule has 1 N–H and O–H groups in total. The molecule has 0 aliphatic heterocycles. The van der Waals surface area contributed by atoms with Gasteiger partial charge in [0.1, 0.15) is 0 Å². The molecule has 0 aromatic rings. The number of hydrogen-bond acceptors (Lipinski definition) is 3. The lowest BCUT2D eigenvalue weighted by Crippen LogP contribution is -2.06. The Morgan fingerprint density at radius 2 is 2.25 bits per heavy atom. The Balaban J connectivity index is 3.80. The fourth-order valence-electron chi connectivity index (χ4n) is 0.177. The van der Waals surface area contributed by atoms with Gasteiger partial charge in [-0.15, -0.1) is 0 Å². The first-order valence-corrected chi connectivity index (χ1v) is 2.47. The van der Waals surface area contributed by atoms with Crippen LogP contribution in [0.3, 0.4) is 0 Å². The maximum absolute atomic E-state index is 10.2. The Kier molecular flexibility index (Phi) is 3.19. The summed E-state index contributed by atoms with van der Waals surface area (Å²) in [6.07, 6.45) is 0. The van der Waals surface area contributed by atoms with Gasteiger partial charge in [-0.25, -0.2) is 0 Å². The van der Waals surface area contributed by atoms with Crippen molar-refractivity contribution in [2.24, 2.45) is 5.10 Å². The van der Waals surface area contributed by atoms with Gasteiger partial charge in [0.05, 0.1) is 0 Å². The summed E-state index contributed by atoms with van der Waals surface area (Å²) in [5.74, 6) is -0.235. The third kappa shape index (κ3) is 2.58. The predicted octanol–water partition coefficient (Wildman–Crippen LogP) is 0.347. The topological polar surface area (TPSA) is 41.5 Å². The van der Waals surface area contributed by atoms with E-state index in [-0.39, 0.29) is 11.0 Å². The molecule has 0 spiro atoms. The van der Waals surface area contributed by atoms with Gasteiger partial charge in [-0.3, -0.25) is 4.79 Å². The van der Waals surface area contributed by atoms with Crippen molar-refractivity contribution in [2.75, 3.05) is 7.05 Å². The number of Topliss-reactive ketones (excluding diaryl/α,β-unsaturated/α-hetero) is 1. The maximum atomic E-state index is 10.2. The van der Waals surface area contributed by atoms with Gasteiger partial charge in [-0.1, -0.05) is 11.6 Å². The van der Waals surface area contributed by atoms with Crippen LogP contribution in [-0.4, -0.2) is 18.0 Å². The standard InChI is InChI=1S/C4H7ClN2O/c1-3(8)4(5)7-6-2/h6H,1-2H3/b7-4-. The second-order valence-corrected chi connectivity index (χ2v) is 1.54. The van der Waals surface area contributed by atoms with Crippen LogP contribution < -0.4 is 5.43 Å². The zero-order valence-corrected chi connectivity index (χ0v) is 5.49. The molecule has 0 saturated heterocycles. The first-order chi connectivity index (χ1) is 3.68. The Labute approximate surface area is 52.7 Å². The van der Waals surface area contributed by atoms with Crippen LogP contribution in [0.5, 0.6) is 0 Å². The minimum Gasteiger partial charge on any atom is -0.312 e. The third-order valence-electron chi connectivity index (χ3n) is 0.500. The quantitative estimate of drug-likeness (QED) is 0.437. The molecule has 0 rings (SSSR count). The van der Waals surface area contributed by atoms with Crippen LogP contribution in [0.25, 0.3) is 0 Å². The van der Waals surface area contributed by atoms with Crippen LogP contribution in [0.15, 0.2) is 5.10 Å². The first-order valence-electron chi connectivity index (χ1n) is 2.09. The van der Waals surface area contributed by atoms with Crippen molar-refractivity contribution in [1.29, 1.82) is 0 Å². The summed E-state index contributed by atoms with van der Waals surface area (Å²) in [6.45, 7) is 1.35. The molecule has 3 nitrogen and oxygen atoms in total. The molecule has 4 heteroatoms. The summed E-state index contributed by atoms with van der Waals surface area (Å²) in [5, 5.41) is 3.39. The molecule has 0 amide bonds. The summed E-state index contributed by atoms with van der Waals surface area (Å²) in [6, 6.07) is 0. The number of nitrogens with one attached hydrogen (secondary N) is 1. The predicted molar refractivity (Wildman–Crippen MR) is 33.0 cm³/mol. The van der Waals surface area contributed by atoms with Crippen LogP contribution in [0, 0.1) is 0 Å². The average molecular weight is 135 g/mol. The van der Waals surface area contributed by atoms with Gasteiger partial charge in [0.15, 0.2) is 11.0 Å². The highest BCUT2D eigenvalue weighted by molar-refractivity contribution is 6.82. The fraction of sp³-hybridized carbons (Fsp3) is 0.500. The zero-order chi connectivity index (χ0) is 6.57. The largest absolute Gasteiger partial charge is 0.312 e. The van der Waals surface area contributed by atoms with Crippen LogP contribution in [0.4, 0.5) is 0 Å². The van der Waals surface area contributed by atoms with Crippen molar-refractivity contribution >= 4 is 22.6 Å². The highest BCUT2D eigenvalue weighted by Gasteiger charge is 1.97. The Bertz CT molecular complexity index is 121. The summed E-state index contributed by atoms with van der Waals surface area (Å²) < 4.78 is 0. The number of halogens is 1. The summed E-state index contributed by atoms with van der Waals surface area (Å²) in [7, 11) is 1.57. The normalized spacial score (nSPS) is 11.1. The third-order valence-corrected chi connectivity index (χ3v) is 0.851. The SMILES string of the molecule is CN/N=C(\Cl)C(C)=O. The molecule has 0 radical (unpaired) electrons. The summed E-state index contributed by atoms with van der Waals surface area (Å²) in [5.41, 5.74) is 2.38. The number of ketones is 1. The highest BCUT2D eigenvalue weighted by Crippen LogP contribution is 1.83. The molecule has 0 aromatic heterocycles. The van der Waals surface area contributed by atoms with E-state index >= 15 is 0 Å². The van der Waals surface area contributed by atoms with Crippen molar-refractivity contribution in [1.82, 2.24) is 5.43 Å². The number of hydrogen-bond donors (Lipinski definition) is 1. The van der Waals surface area contributed by atoms with Gasteiger partial charge in [-0.05, 0) is 0 Å². The minimum absolute atomic E-state index is 0.0208. The van der Waals surface area contributed by atoms with Gasteiger partial charge in [0.2, 0.25) is 0 Å². The minimum atomic E-state index is -0.235. The fourth-order valence-corrected chi connectivity index (χ4v) is 0.261. The lowest BCUT2D eigenvalue weighted by Gasteiger charge is -1.87. The molecule has 0 aromatic carbocycles. The molecule has 0 fully saturated rings. The maximum Gasteiger partial charge on any atom is 0.191 e. The van der Waals surface area contributed by atoms with Crippen molar-refractivity contribution in [2.45, 2.75) is 6.92 Å². The molecular weight excluding hydrogens is 128 g/mol. The molecule has 0 aliphatic rings. The van der Waals surface area contributed by atoms with Crippen LogP contribution >= 0.6 is 11.6 Å². The number of rotatable bonds is 2. The van der Waals surface area contributed by atoms with E-state index in [9.17, 15) is 4.79 Å². The molecule has 0 unspecified atom stereocenters. The Hall–Kier alpha value is -0.570. The van der Waals surface area contributed by atoms with E-state index in [1.54, 1.807) is 7.05 Å². The van der Waals surface area contributed by atoms with E-state index in [1.807, 2.05) is 0 Å². The van der Waals surface area contributed by atoms with E-state index in [0.29, 0.717) is 0 Å². The number of nitrogens with zero attached hydrogens (tertiary/aromatic N) is 1. The lowest BCUT2D eigenvalue weighted by atomic mass is 10.5. The van der Waals surface area contributed by atoms with E-state index in [2.05, 4.69) is 10.5 Å². The molecule has 0 atom stereocenters. The van der Waals surface area contributed by atoms with Crippen LogP contribution in [0.1, 0.15) is 6.92 Å². The van der Waals surface area contributed by atoms with Crippen LogP contribution in [-0.2, 0) is 4.79 Å². The molecule has 46 valence electrons. The number of carbonyl (C=O) groups excluding carboxylic acids is 1. The number of carbonyl (C=O) groups is 1. The summed E-state index contributed by atoms with van der Waals surface area (Å²) in [4.78, 5) is 10.2. The van der Waals surface area contributed by atoms with E-state index in [4.69, 9.17) is 11.6 Å². The van der Waals surface area contributed by atoms with Gasteiger partial charge in [0, 0.05) is 14.0 Å². The monoisotopic (exact) mass is 134 g/mol. The highest BCUT2D eigenvalue weighted by atomic mass is 35.5. The lowest BCUT2D eigenvalue weighted by molar-refractivity contribution is -0.110. The van der Waals surface area contributed by atoms with E-state index in [1.165, 1.54) is 6.92 Å². The summed E-state index contributed by atoms with van der Waals surface area (Å²) >= 11 is 5.25. The van der Waals surface area contributed by atoms with Crippen molar-refractivity contribution in [3.05, 3.63) is 0 Å². The molecular formula is C4H7ClN2O. The average Bonchev–Trinajstić information content (AvgIpc) is 1.67. The molecule has 0 heterocycles. The van der Waals surface area contributed by atoms with Crippen LogP contribution in [0.2, 0.25) is 0 Å².